The Morgan fingerprint density at radius 2 is 1.88 bits per heavy atom. The summed E-state index contributed by atoms with van der Waals surface area (Å²) in [5, 5.41) is 0. The molecule has 16 heavy (non-hydrogen) atoms. The number of rotatable bonds is 2. The van der Waals surface area contributed by atoms with Crippen LogP contribution in [0.5, 0.6) is 5.75 Å². The lowest BCUT2D eigenvalue weighted by molar-refractivity contribution is 0.0853. The number of methoxy groups -OCH3 is 1. The average molecular weight is 222 g/mol. The second-order valence-corrected chi connectivity index (χ2v) is 3.66. The van der Waals surface area contributed by atoms with E-state index in [4.69, 9.17) is 9.47 Å². The smallest absolute Gasteiger partial charge is 0.119 e. The van der Waals surface area contributed by atoms with Gasteiger partial charge in [-0.15, -0.1) is 0 Å². The number of benzene rings is 1. The molecule has 0 bridgehead atoms. The molecular weight excluding hydrogens is 200 g/mol. The van der Waals surface area contributed by atoms with Gasteiger partial charge in [0.25, 0.3) is 0 Å². The zero-order valence-corrected chi connectivity index (χ0v) is 10.5. The van der Waals surface area contributed by atoms with Crippen LogP contribution in [0.25, 0.3) is 0 Å². The molecule has 1 saturated heterocycles. The minimum absolute atomic E-state index is 0.652. The van der Waals surface area contributed by atoms with E-state index in [1.54, 1.807) is 7.11 Å². The highest BCUT2D eigenvalue weighted by atomic mass is 16.5. The summed E-state index contributed by atoms with van der Waals surface area (Å²) in [5.41, 5.74) is 1.38. The van der Waals surface area contributed by atoms with E-state index >= 15 is 0 Å². The molecule has 0 aliphatic carbocycles. The molecule has 2 nitrogen and oxygen atoms in total. The van der Waals surface area contributed by atoms with Gasteiger partial charge in [0.2, 0.25) is 0 Å². The Labute approximate surface area is 98.6 Å². The van der Waals surface area contributed by atoms with Crippen LogP contribution >= 0.6 is 0 Å². The zero-order chi connectivity index (χ0) is 11.8. The van der Waals surface area contributed by atoms with Crippen molar-refractivity contribution < 1.29 is 9.47 Å². The topological polar surface area (TPSA) is 18.5 Å². The van der Waals surface area contributed by atoms with Gasteiger partial charge >= 0.3 is 0 Å². The molecule has 2 heteroatoms. The molecule has 1 fully saturated rings. The van der Waals surface area contributed by atoms with Crippen molar-refractivity contribution in [3.05, 3.63) is 29.8 Å². The third kappa shape index (κ3) is 3.53. The Hall–Kier alpha value is -1.02. The van der Waals surface area contributed by atoms with Crippen LogP contribution in [0.15, 0.2) is 24.3 Å². The van der Waals surface area contributed by atoms with Crippen molar-refractivity contribution in [2.24, 2.45) is 0 Å². The minimum atomic E-state index is 0.652. The summed E-state index contributed by atoms with van der Waals surface area (Å²) >= 11 is 0. The molecule has 0 saturated carbocycles. The largest absolute Gasteiger partial charge is 0.497 e. The maximum Gasteiger partial charge on any atom is 0.119 e. The molecule has 0 radical (unpaired) electrons. The maximum atomic E-state index is 5.35. The molecule has 1 heterocycles. The molecule has 0 amide bonds. The summed E-state index contributed by atoms with van der Waals surface area (Å²) < 4.78 is 10.6. The van der Waals surface area contributed by atoms with Gasteiger partial charge in [-0.3, -0.25) is 0 Å². The summed E-state index contributed by atoms with van der Waals surface area (Å²) in [6.45, 7) is 5.78. The van der Waals surface area contributed by atoms with Crippen molar-refractivity contribution in [1.29, 1.82) is 0 Å². The lowest BCUT2D eigenvalue weighted by Crippen LogP contribution is -2.13. The third-order valence-corrected chi connectivity index (χ3v) is 2.79. The van der Waals surface area contributed by atoms with Crippen LogP contribution in [-0.2, 0) is 4.74 Å². The molecule has 2 rings (SSSR count). The lowest BCUT2D eigenvalue weighted by Gasteiger charge is -2.22. The molecule has 0 N–H and O–H groups in total. The molecule has 1 aromatic carbocycles. The summed E-state index contributed by atoms with van der Waals surface area (Å²) in [6, 6.07) is 8.36. The normalized spacial score (nSPS) is 16.2. The van der Waals surface area contributed by atoms with Crippen LogP contribution in [0.1, 0.15) is 38.2 Å². The van der Waals surface area contributed by atoms with Crippen molar-refractivity contribution >= 4 is 0 Å². The molecule has 1 aromatic rings. The molecule has 90 valence electrons. The highest BCUT2D eigenvalue weighted by Gasteiger charge is 2.15. The number of ether oxygens (including phenoxy) is 2. The summed E-state index contributed by atoms with van der Waals surface area (Å²) in [4.78, 5) is 0. The molecule has 0 atom stereocenters. The monoisotopic (exact) mass is 222 g/mol. The van der Waals surface area contributed by atoms with E-state index in [0.29, 0.717) is 5.92 Å². The first-order valence-electron chi connectivity index (χ1n) is 6.12. The predicted molar refractivity (Wildman–Crippen MR) is 67.1 cm³/mol. The summed E-state index contributed by atoms with van der Waals surface area (Å²) in [5.74, 6) is 1.60. The van der Waals surface area contributed by atoms with E-state index in [2.05, 4.69) is 18.2 Å². The van der Waals surface area contributed by atoms with Crippen LogP contribution in [0.4, 0.5) is 0 Å². The Morgan fingerprint density at radius 3 is 2.50 bits per heavy atom. The van der Waals surface area contributed by atoms with E-state index in [0.717, 1.165) is 31.8 Å². The van der Waals surface area contributed by atoms with E-state index in [9.17, 15) is 0 Å². The van der Waals surface area contributed by atoms with Crippen LogP contribution in [0.3, 0.4) is 0 Å². The van der Waals surface area contributed by atoms with Crippen LogP contribution in [0.2, 0.25) is 0 Å². The van der Waals surface area contributed by atoms with Crippen molar-refractivity contribution in [2.45, 2.75) is 32.6 Å². The van der Waals surface area contributed by atoms with Crippen molar-refractivity contribution in [3.63, 3.8) is 0 Å². The van der Waals surface area contributed by atoms with Crippen molar-refractivity contribution in [2.75, 3.05) is 20.3 Å². The van der Waals surface area contributed by atoms with Crippen LogP contribution < -0.4 is 4.74 Å². The third-order valence-electron chi connectivity index (χ3n) is 2.79. The van der Waals surface area contributed by atoms with Gasteiger partial charge in [-0.05, 0) is 36.5 Å². The van der Waals surface area contributed by atoms with Gasteiger partial charge in [0.05, 0.1) is 7.11 Å². The second kappa shape index (κ2) is 7.29. The van der Waals surface area contributed by atoms with Gasteiger partial charge in [-0.25, -0.2) is 0 Å². The van der Waals surface area contributed by atoms with Gasteiger partial charge < -0.3 is 9.47 Å². The predicted octanol–water partition coefficient (Wildman–Crippen LogP) is 3.62. The molecular formula is C14H22O2. The van der Waals surface area contributed by atoms with E-state index in [-0.39, 0.29) is 0 Å². The highest BCUT2D eigenvalue weighted by molar-refractivity contribution is 5.30. The first kappa shape index (κ1) is 13.0. The van der Waals surface area contributed by atoms with Gasteiger partial charge in [0, 0.05) is 13.2 Å². The van der Waals surface area contributed by atoms with Gasteiger partial charge in [0.1, 0.15) is 5.75 Å². The van der Waals surface area contributed by atoms with Gasteiger partial charge in [-0.2, -0.15) is 0 Å². The number of hydrogen-bond acceptors (Lipinski definition) is 2. The van der Waals surface area contributed by atoms with Crippen LogP contribution in [-0.4, -0.2) is 20.3 Å². The fourth-order valence-electron chi connectivity index (χ4n) is 1.93. The minimum Gasteiger partial charge on any atom is -0.497 e. The van der Waals surface area contributed by atoms with E-state index in [1.165, 1.54) is 5.56 Å². The fraction of sp³-hybridized carbons (Fsp3) is 0.571. The molecule has 0 spiro atoms. The van der Waals surface area contributed by atoms with E-state index in [1.807, 2.05) is 19.9 Å². The van der Waals surface area contributed by atoms with Gasteiger partial charge in [-0.1, -0.05) is 26.0 Å². The Kier molecular flexibility index (Phi) is 5.94. The second-order valence-electron chi connectivity index (χ2n) is 3.66. The van der Waals surface area contributed by atoms with E-state index < -0.39 is 0 Å². The maximum absolute atomic E-state index is 5.35. The standard InChI is InChI=1S/C12H16O2.C2H6/c1-13-12-4-2-3-11(9-12)10-5-7-14-8-6-10;1-2/h2-4,9-10H,5-8H2,1H3;1-2H3. The van der Waals surface area contributed by atoms with Crippen molar-refractivity contribution in [3.8, 4) is 5.75 Å². The quantitative estimate of drug-likeness (QED) is 0.761. The Balaban J connectivity index is 0.000000606. The Morgan fingerprint density at radius 1 is 1.19 bits per heavy atom. The summed E-state index contributed by atoms with van der Waals surface area (Å²) in [6.07, 6.45) is 2.26. The highest BCUT2D eigenvalue weighted by Crippen LogP contribution is 2.28. The van der Waals surface area contributed by atoms with Gasteiger partial charge in [0.15, 0.2) is 0 Å². The average Bonchev–Trinajstić information content (AvgIpc) is 2.42. The molecule has 1 aliphatic rings. The summed E-state index contributed by atoms with van der Waals surface area (Å²) in [7, 11) is 1.71. The number of hydrogen-bond donors (Lipinski definition) is 0. The fourth-order valence-corrected chi connectivity index (χ4v) is 1.93. The zero-order valence-electron chi connectivity index (χ0n) is 10.5. The first-order valence-corrected chi connectivity index (χ1v) is 6.12. The molecule has 0 aromatic heterocycles. The molecule has 1 aliphatic heterocycles. The Bertz CT molecular complexity index is 291. The molecule has 0 unspecified atom stereocenters. The van der Waals surface area contributed by atoms with Crippen molar-refractivity contribution in [1.82, 2.24) is 0 Å². The lowest BCUT2D eigenvalue weighted by atomic mass is 9.92. The SMILES string of the molecule is CC.COc1cccc(C2CCOCC2)c1. The van der Waals surface area contributed by atoms with Crippen LogP contribution in [0, 0.1) is 0 Å². The first-order chi connectivity index (χ1) is 7.90.